The van der Waals surface area contributed by atoms with Gasteiger partial charge < -0.3 is 20.1 Å². The topological polar surface area (TPSA) is 72.5 Å². The molecule has 0 aliphatic carbocycles. The molecule has 0 saturated heterocycles. The van der Waals surface area contributed by atoms with E-state index in [0.717, 1.165) is 12.3 Å². The van der Waals surface area contributed by atoms with E-state index in [4.69, 9.17) is 9.47 Å². The predicted octanol–water partition coefficient (Wildman–Crippen LogP) is 3.06. The van der Waals surface area contributed by atoms with Crippen LogP contribution in [0.25, 0.3) is 0 Å². The van der Waals surface area contributed by atoms with Crippen molar-refractivity contribution in [2.75, 3.05) is 25.2 Å². The van der Waals surface area contributed by atoms with Gasteiger partial charge in [-0.25, -0.2) is 4.98 Å². The zero-order chi connectivity index (χ0) is 18.6. The number of carbonyl (C=O) groups is 1. The first-order valence-corrected chi connectivity index (χ1v) is 7.88. The lowest BCUT2D eigenvalue weighted by Crippen LogP contribution is -2.25. The molecule has 0 spiro atoms. The minimum Gasteiger partial charge on any atom is -0.454 e. The van der Waals surface area contributed by atoms with Gasteiger partial charge in [0.15, 0.2) is 11.5 Å². The number of benzene rings is 1. The Kier molecular flexibility index (Phi) is 5.15. The number of aromatic nitrogens is 1. The van der Waals surface area contributed by atoms with Gasteiger partial charge in [-0.3, -0.25) is 4.79 Å². The Balaban J connectivity index is 1.39. The number of carbonyl (C=O) groups excluding carboxylic acids is 1. The van der Waals surface area contributed by atoms with E-state index >= 15 is 0 Å². The number of rotatable bonds is 6. The van der Waals surface area contributed by atoms with Crippen molar-refractivity contribution in [1.29, 1.82) is 0 Å². The third-order valence-electron chi connectivity index (χ3n) is 3.67. The Morgan fingerprint density at radius 2 is 1.92 bits per heavy atom. The van der Waals surface area contributed by atoms with Gasteiger partial charge in [-0.15, -0.1) is 0 Å². The van der Waals surface area contributed by atoms with E-state index in [1.807, 2.05) is 0 Å². The van der Waals surface area contributed by atoms with E-state index < -0.39 is 11.7 Å². The van der Waals surface area contributed by atoms with Crippen LogP contribution in [0, 0.1) is 0 Å². The molecule has 0 saturated carbocycles. The van der Waals surface area contributed by atoms with Gasteiger partial charge >= 0.3 is 6.18 Å². The van der Waals surface area contributed by atoms with Crippen LogP contribution in [0.15, 0.2) is 36.5 Å². The average molecular weight is 367 g/mol. The average Bonchev–Trinajstić information content (AvgIpc) is 3.08. The van der Waals surface area contributed by atoms with Crippen molar-refractivity contribution < 1.29 is 27.4 Å². The molecule has 9 heteroatoms. The Hall–Kier alpha value is -2.97. The van der Waals surface area contributed by atoms with Crippen LogP contribution in [0.3, 0.4) is 0 Å². The molecule has 138 valence electrons. The van der Waals surface area contributed by atoms with E-state index in [2.05, 4.69) is 15.6 Å². The lowest BCUT2D eigenvalue weighted by Gasteiger charge is -2.09. The molecule has 0 unspecified atom stereocenters. The fourth-order valence-corrected chi connectivity index (χ4v) is 2.31. The minimum absolute atomic E-state index is 0.143. The molecule has 0 bridgehead atoms. The largest absolute Gasteiger partial charge is 0.454 e. The van der Waals surface area contributed by atoms with Gasteiger partial charge in [-0.05, 0) is 36.8 Å². The lowest BCUT2D eigenvalue weighted by atomic mass is 10.2. The third-order valence-corrected chi connectivity index (χ3v) is 3.67. The van der Waals surface area contributed by atoms with Crippen molar-refractivity contribution >= 4 is 11.7 Å². The maximum absolute atomic E-state index is 12.4. The predicted molar refractivity (Wildman–Crippen MR) is 87.2 cm³/mol. The highest BCUT2D eigenvalue weighted by Gasteiger charge is 2.30. The molecular formula is C17H16F3N3O3. The summed E-state index contributed by atoms with van der Waals surface area (Å²) in [7, 11) is 0. The fourth-order valence-electron chi connectivity index (χ4n) is 2.31. The molecule has 0 atom stereocenters. The van der Waals surface area contributed by atoms with Crippen LogP contribution in [0.4, 0.5) is 19.0 Å². The van der Waals surface area contributed by atoms with E-state index in [1.54, 1.807) is 18.2 Å². The SMILES string of the molecule is O=C(NCCCNc1ccc(C(F)(F)F)cn1)c1ccc2c(c1)OCO2. The molecule has 1 aliphatic heterocycles. The molecule has 1 amide bonds. The molecule has 0 fully saturated rings. The van der Waals surface area contributed by atoms with Crippen LogP contribution < -0.4 is 20.1 Å². The smallest absolute Gasteiger partial charge is 0.417 e. The number of ether oxygens (including phenoxy) is 2. The van der Waals surface area contributed by atoms with E-state index in [9.17, 15) is 18.0 Å². The molecule has 1 aromatic carbocycles. The standard InChI is InChI=1S/C17H16F3N3O3/c18-17(19,20)12-3-5-15(23-9-12)21-6-1-7-22-16(24)11-2-4-13-14(8-11)26-10-25-13/h2-5,8-9H,1,6-7,10H2,(H,21,23)(H,22,24). The van der Waals surface area contributed by atoms with Crippen LogP contribution in [-0.4, -0.2) is 30.8 Å². The summed E-state index contributed by atoms with van der Waals surface area (Å²) in [6.07, 6.45) is -3.03. The van der Waals surface area contributed by atoms with Gasteiger partial charge in [0.2, 0.25) is 6.79 Å². The molecule has 26 heavy (non-hydrogen) atoms. The Bertz CT molecular complexity index is 779. The molecule has 2 aromatic rings. The zero-order valence-corrected chi connectivity index (χ0v) is 13.6. The molecule has 1 aliphatic rings. The van der Waals surface area contributed by atoms with Crippen molar-refractivity contribution in [3.63, 3.8) is 0 Å². The zero-order valence-electron chi connectivity index (χ0n) is 13.6. The number of alkyl halides is 3. The van der Waals surface area contributed by atoms with E-state index in [-0.39, 0.29) is 12.7 Å². The first-order valence-electron chi connectivity index (χ1n) is 7.88. The summed E-state index contributed by atoms with van der Waals surface area (Å²) < 4.78 is 47.7. The van der Waals surface area contributed by atoms with Crippen LogP contribution in [0.1, 0.15) is 22.3 Å². The summed E-state index contributed by atoms with van der Waals surface area (Å²) >= 11 is 0. The molecule has 2 heterocycles. The molecule has 6 nitrogen and oxygen atoms in total. The summed E-state index contributed by atoms with van der Waals surface area (Å²) in [5, 5.41) is 5.67. The number of fused-ring (bicyclic) bond motifs is 1. The molecule has 1 aromatic heterocycles. The normalized spacial score (nSPS) is 12.7. The summed E-state index contributed by atoms with van der Waals surface area (Å²) in [5.41, 5.74) is -0.328. The Morgan fingerprint density at radius 1 is 1.12 bits per heavy atom. The van der Waals surface area contributed by atoms with E-state index in [0.29, 0.717) is 42.4 Å². The first-order chi connectivity index (χ1) is 12.4. The number of nitrogens with zero attached hydrogens (tertiary/aromatic N) is 1. The number of hydrogen-bond acceptors (Lipinski definition) is 5. The van der Waals surface area contributed by atoms with Crippen molar-refractivity contribution in [2.45, 2.75) is 12.6 Å². The second-order valence-corrected chi connectivity index (χ2v) is 5.53. The van der Waals surface area contributed by atoms with Crippen LogP contribution in [0.2, 0.25) is 0 Å². The van der Waals surface area contributed by atoms with Crippen LogP contribution in [0.5, 0.6) is 11.5 Å². The van der Waals surface area contributed by atoms with Crippen LogP contribution >= 0.6 is 0 Å². The van der Waals surface area contributed by atoms with Gasteiger partial charge in [0.1, 0.15) is 5.82 Å². The first kappa shape index (κ1) is 17.8. The minimum atomic E-state index is -4.40. The second kappa shape index (κ2) is 7.51. The molecular weight excluding hydrogens is 351 g/mol. The Morgan fingerprint density at radius 3 is 2.65 bits per heavy atom. The number of amides is 1. The van der Waals surface area contributed by atoms with Gasteiger partial charge in [-0.1, -0.05) is 0 Å². The number of halogens is 3. The van der Waals surface area contributed by atoms with Gasteiger partial charge in [-0.2, -0.15) is 13.2 Å². The maximum Gasteiger partial charge on any atom is 0.417 e. The molecule has 2 N–H and O–H groups in total. The second-order valence-electron chi connectivity index (χ2n) is 5.53. The molecule has 3 rings (SSSR count). The fraction of sp³-hybridized carbons (Fsp3) is 0.294. The highest BCUT2D eigenvalue weighted by Crippen LogP contribution is 2.32. The quantitative estimate of drug-likeness (QED) is 0.768. The Labute approximate surface area is 147 Å². The van der Waals surface area contributed by atoms with Crippen molar-refractivity contribution in [3.8, 4) is 11.5 Å². The van der Waals surface area contributed by atoms with Gasteiger partial charge in [0.05, 0.1) is 5.56 Å². The highest BCUT2D eigenvalue weighted by atomic mass is 19.4. The lowest BCUT2D eigenvalue weighted by molar-refractivity contribution is -0.137. The summed E-state index contributed by atoms with van der Waals surface area (Å²) in [5.74, 6) is 1.25. The highest BCUT2D eigenvalue weighted by molar-refractivity contribution is 5.94. The number of nitrogens with one attached hydrogen (secondary N) is 2. The number of hydrogen-bond donors (Lipinski definition) is 2. The summed E-state index contributed by atoms with van der Waals surface area (Å²) in [6.45, 7) is 1.00. The monoisotopic (exact) mass is 367 g/mol. The summed E-state index contributed by atoms with van der Waals surface area (Å²) in [6, 6.07) is 7.18. The van der Waals surface area contributed by atoms with Crippen LogP contribution in [-0.2, 0) is 6.18 Å². The van der Waals surface area contributed by atoms with Gasteiger partial charge in [0.25, 0.3) is 5.91 Å². The van der Waals surface area contributed by atoms with Crippen molar-refractivity contribution in [1.82, 2.24) is 10.3 Å². The van der Waals surface area contributed by atoms with Crippen molar-refractivity contribution in [3.05, 3.63) is 47.7 Å². The maximum atomic E-state index is 12.4. The number of pyridine rings is 1. The van der Waals surface area contributed by atoms with Crippen molar-refractivity contribution in [2.24, 2.45) is 0 Å². The summed E-state index contributed by atoms with van der Waals surface area (Å²) in [4.78, 5) is 15.8. The number of anilines is 1. The molecule has 0 radical (unpaired) electrons. The third kappa shape index (κ3) is 4.35. The van der Waals surface area contributed by atoms with E-state index in [1.165, 1.54) is 6.07 Å². The van der Waals surface area contributed by atoms with Gasteiger partial charge in [0, 0.05) is 24.8 Å².